The van der Waals surface area contributed by atoms with Gasteiger partial charge in [-0.05, 0) is 37.0 Å². The summed E-state index contributed by atoms with van der Waals surface area (Å²) in [6.07, 6.45) is -0.532. The largest absolute Gasteiger partial charge is 1.00 e. The van der Waals surface area contributed by atoms with Crippen LogP contribution >= 0.6 is 7.60 Å². The Morgan fingerprint density at radius 3 is 2.03 bits per heavy atom. The number of benzene rings is 2. The van der Waals surface area contributed by atoms with Crippen LogP contribution in [0.2, 0.25) is 0 Å². The maximum atomic E-state index is 13.2. The van der Waals surface area contributed by atoms with E-state index in [1.807, 2.05) is 0 Å². The first-order valence-electron chi connectivity index (χ1n) is 7.64. The van der Waals surface area contributed by atoms with Crippen LogP contribution < -0.4 is 169 Å². The topological polar surface area (TPSA) is 130 Å². The Kier molecular flexibility index (Phi) is 18.7. The van der Waals surface area contributed by atoms with Gasteiger partial charge in [-0.3, -0.25) is 0 Å². The van der Waals surface area contributed by atoms with Crippen molar-refractivity contribution >= 4 is 17.7 Å². The molecule has 0 amide bonds. The fourth-order valence-corrected chi connectivity index (χ4v) is 4.65. The number of rotatable bonds is 8. The van der Waals surface area contributed by atoms with Gasteiger partial charge in [-0.15, -0.1) is 0 Å². The zero-order valence-electron chi connectivity index (χ0n) is 16.7. The van der Waals surface area contributed by atoms with E-state index >= 15 is 0 Å². The van der Waals surface area contributed by atoms with Crippen molar-refractivity contribution in [2.75, 3.05) is 0 Å². The van der Waals surface area contributed by atoms with Gasteiger partial charge in [-0.25, -0.2) is 17.2 Å². The molecule has 0 spiro atoms. The molecule has 14 heteroatoms. The standard InChI is InChI=1S/C16H17F2O7PS.3K/c17-12-8-13(18)10-15(9-12)25-14-5-1-3-11(7-14)4-2-6-16(26(19,20)21)27(22,23)24;;;/h1,3,5,7-10,16H,2,4,6H2,(H2,19,20,21)(H,22,23,24);;;/q;3*+1/p-3. The molecule has 0 N–H and O–H groups in total. The average molecular weight is 537 g/mol. The van der Waals surface area contributed by atoms with Gasteiger partial charge >= 0.3 is 154 Å². The van der Waals surface area contributed by atoms with E-state index in [2.05, 4.69) is 0 Å². The molecule has 7 nitrogen and oxygen atoms in total. The first-order valence-corrected chi connectivity index (χ1v) is 10.7. The number of ether oxygens (including phenoxy) is 1. The van der Waals surface area contributed by atoms with Crippen molar-refractivity contribution in [1.82, 2.24) is 0 Å². The molecule has 0 saturated heterocycles. The van der Waals surface area contributed by atoms with E-state index in [-0.39, 0.29) is 178 Å². The zero-order chi connectivity index (χ0) is 20.2. The van der Waals surface area contributed by atoms with Gasteiger partial charge < -0.3 is 23.6 Å². The second-order valence-corrected chi connectivity index (χ2v) is 9.34. The first kappa shape index (κ1) is 35.2. The SMILES string of the molecule is O=P([O-])([O-])C(CCCc1cccc(Oc2cc(F)cc(F)c2)c1)S(=O)(=O)[O-].[K+].[K+].[K+]. The Hall–Kier alpha value is 3.07. The van der Waals surface area contributed by atoms with E-state index in [0.717, 1.165) is 12.1 Å². The molecule has 0 saturated carbocycles. The summed E-state index contributed by atoms with van der Waals surface area (Å²) in [5.74, 6) is -1.46. The van der Waals surface area contributed by atoms with Crippen molar-refractivity contribution in [2.45, 2.75) is 24.3 Å². The summed E-state index contributed by atoms with van der Waals surface area (Å²) < 4.78 is 75.4. The molecule has 2 aromatic carbocycles. The van der Waals surface area contributed by atoms with Gasteiger partial charge in [0.15, 0.2) is 0 Å². The Balaban J connectivity index is 0. The predicted molar refractivity (Wildman–Crippen MR) is 86.9 cm³/mol. The van der Waals surface area contributed by atoms with Gasteiger partial charge in [0.1, 0.15) is 33.3 Å². The van der Waals surface area contributed by atoms with Crippen molar-refractivity contribution < 1.29 is 195 Å². The Bertz CT molecular complexity index is 953. The molecular formula is C16H14F2K3O7PS. The van der Waals surface area contributed by atoms with Crippen molar-refractivity contribution in [2.24, 2.45) is 0 Å². The molecule has 0 aliphatic heterocycles. The van der Waals surface area contributed by atoms with E-state index < -0.39 is 40.8 Å². The van der Waals surface area contributed by atoms with E-state index in [9.17, 15) is 36.1 Å². The summed E-state index contributed by atoms with van der Waals surface area (Å²) in [7, 11) is -10.8. The molecule has 0 aliphatic rings. The van der Waals surface area contributed by atoms with E-state index in [0.29, 0.717) is 11.6 Å². The normalized spacial score (nSPS) is 12.0. The third-order valence-corrected chi connectivity index (χ3v) is 6.99. The Labute approximate surface area is 301 Å². The van der Waals surface area contributed by atoms with Crippen molar-refractivity contribution in [3.8, 4) is 11.5 Å². The van der Waals surface area contributed by atoms with Crippen LogP contribution in [0.25, 0.3) is 0 Å². The maximum absolute atomic E-state index is 13.2. The molecule has 0 fully saturated rings. The maximum Gasteiger partial charge on any atom is 1.00 e. The summed E-state index contributed by atoms with van der Waals surface area (Å²) in [5.41, 5.74) is 0.582. The molecule has 1 unspecified atom stereocenters. The van der Waals surface area contributed by atoms with Gasteiger partial charge in [-0.1, -0.05) is 19.7 Å². The van der Waals surface area contributed by atoms with Crippen LogP contribution in [0.15, 0.2) is 42.5 Å². The molecule has 1 atom stereocenters. The van der Waals surface area contributed by atoms with Crippen LogP contribution in [-0.2, 0) is 21.1 Å². The Morgan fingerprint density at radius 1 is 0.967 bits per heavy atom. The second-order valence-electron chi connectivity index (χ2n) is 5.73. The molecule has 0 aromatic heterocycles. The minimum atomic E-state index is -5.58. The molecular weight excluding hydrogens is 523 g/mol. The first-order chi connectivity index (χ1) is 12.4. The Morgan fingerprint density at radius 2 is 1.53 bits per heavy atom. The number of halogens is 2. The summed E-state index contributed by atoms with van der Waals surface area (Å²) >= 11 is 0. The summed E-state index contributed by atoms with van der Waals surface area (Å²) in [5, 5.41) is 0. The minimum Gasteiger partial charge on any atom is -0.810 e. The molecule has 2 aromatic rings. The fourth-order valence-electron chi connectivity index (χ4n) is 2.43. The van der Waals surface area contributed by atoms with Crippen LogP contribution in [0.4, 0.5) is 8.78 Å². The smallest absolute Gasteiger partial charge is 0.810 e. The molecule has 0 bridgehead atoms. The summed E-state index contributed by atoms with van der Waals surface area (Å²) in [6, 6.07) is 8.85. The van der Waals surface area contributed by atoms with Crippen LogP contribution in [-0.4, -0.2) is 18.0 Å². The monoisotopic (exact) mass is 536 g/mol. The van der Waals surface area contributed by atoms with Crippen molar-refractivity contribution in [1.29, 1.82) is 0 Å². The van der Waals surface area contributed by atoms with Crippen LogP contribution in [0.5, 0.6) is 11.5 Å². The second kappa shape index (κ2) is 15.9. The van der Waals surface area contributed by atoms with E-state index in [1.165, 1.54) is 12.1 Å². The molecule has 2 rings (SSSR count). The zero-order valence-corrected chi connectivity index (χ0v) is 27.8. The van der Waals surface area contributed by atoms with Gasteiger partial charge in [0.05, 0.1) is 4.99 Å². The van der Waals surface area contributed by atoms with Gasteiger partial charge in [-0.2, -0.15) is 0 Å². The molecule has 30 heavy (non-hydrogen) atoms. The van der Waals surface area contributed by atoms with Crippen molar-refractivity contribution in [3.63, 3.8) is 0 Å². The number of hydrogen-bond donors (Lipinski definition) is 0. The average Bonchev–Trinajstić information content (AvgIpc) is 2.48. The number of hydrogen-bond acceptors (Lipinski definition) is 7. The fraction of sp³-hybridized carbons (Fsp3) is 0.250. The number of aryl methyl sites for hydroxylation is 1. The molecule has 0 aliphatic carbocycles. The third kappa shape index (κ3) is 12.7. The molecule has 0 radical (unpaired) electrons. The van der Waals surface area contributed by atoms with Crippen LogP contribution in [0, 0.1) is 11.6 Å². The van der Waals surface area contributed by atoms with Gasteiger partial charge in [0.25, 0.3) is 0 Å². The predicted octanol–water partition coefficient (Wildman–Crippen LogP) is -7.12. The van der Waals surface area contributed by atoms with Crippen LogP contribution in [0.3, 0.4) is 0 Å². The molecule has 0 heterocycles. The van der Waals surface area contributed by atoms with Gasteiger partial charge in [0.2, 0.25) is 0 Å². The molecule has 148 valence electrons. The van der Waals surface area contributed by atoms with E-state index in [4.69, 9.17) is 4.74 Å². The van der Waals surface area contributed by atoms with E-state index in [1.54, 1.807) is 12.1 Å². The van der Waals surface area contributed by atoms with Gasteiger partial charge in [0, 0.05) is 18.2 Å². The quantitative estimate of drug-likeness (QED) is 0.186. The third-order valence-electron chi connectivity index (χ3n) is 3.57. The van der Waals surface area contributed by atoms with Crippen LogP contribution in [0.1, 0.15) is 18.4 Å². The summed E-state index contributed by atoms with van der Waals surface area (Å²) in [4.78, 5) is 19.4. The minimum absolute atomic E-state index is 0. The van der Waals surface area contributed by atoms with Crippen molar-refractivity contribution in [3.05, 3.63) is 59.7 Å². The summed E-state index contributed by atoms with van der Waals surface area (Å²) in [6.45, 7) is 0.